The van der Waals surface area contributed by atoms with Gasteiger partial charge in [0.05, 0.1) is 12.7 Å². The molecule has 0 atom stereocenters. The topological polar surface area (TPSA) is 92.4 Å². The quantitative estimate of drug-likeness (QED) is 0.620. The highest BCUT2D eigenvalue weighted by atomic mass is 16.5. The van der Waals surface area contributed by atoms with Crippen LogP contribution in [0.25, 0.3) is 10.9 Å². The van der Waals surface area contributed by atoms with Crippen molar-refractivity contribution in [2.24, 2.45) is 0 Å². The third-order valence-electron chi connectivity index (χ3n) is 3.58. The van der Waals surface area contributed by atoms with Crippen LogP contribution in [0.1, 0.15) is 10.4 Å². The van der Waals surface area contributed by atoms with Crippen LogP contribution in [0, 0.1) is 0 Å². The van der Waals surface area contributed by atoms with Gasteiger partial charge in [-0.15, -0.1) is 0 Å². The van der Waals surface area contributed by atoms with Gasteiger partial charge in [0.25, 0.3) is 11.8 Å². The van der Waals surface area contributed by atoms with Gasteiger partial charge < -0.3 is 14.5 Å². The first-order valence-corrected chi connectivity index (χ1v) is 7.59. The minimum absolute atomic E-state index is 0.222. The van der Waals surface area contributed by atoms with E-state index in [4.69, 9.17) is 9.47 Å². The zero-order valence-electron chi connectivity index (χ0n) is 13.5. The summed E-state index contributed by atoms with van der Waals surface area (Å²) in [7, 11) is 1.57. The molecule has 0 radical (unpaired) electrons. The lowest BCUT2D eigenvalue weighted by Gasteiger charge is -2.09. The van der Waals surface area contributed by atoms with E-state index in [1.54, 1.807) is 37.6 Å². The van der Waals surface area contributed by atoms with Gasteiger partial charge in [0.2, 0.25) is 0 Å². The van der Waals surface area contributed by atoms with E-state index in [1.165, 1.54) is 0 Å². The lowest BCUT2D eigenvalue weighted by molar-refractivity contribution is -0.123. The molecular formula is C18H17N3O4. The largest absolute Gasteiger partial charge is 0.497 e. The zero-order valence-corrected chi connectivity index (χ0v) is 13.5. The number of rotatable bonds is 5. The van der Waals surface area contributed by atoms with Gasteiger partial charge in [-0.25, -0.2) is 0 Å². The maximum Gasteiger partial charge on any atom is 0.276 e. The molecule has 0 aliphatic heterocycles. The van der Waals surface area contributed by atoms with Crippen molar-refractivity contribution < 1.29 is 19.1 Å². The molecule has 2 amide bonds. The Kier molecular flexibility index (Phi) is 4.84. The van der Waals surface area contributed by atoms with Gasteiger partial charge in [-0.1, -0.05) is 18.2 Å². The molecule has 1 aromatic heterocycles. The number of aromatic amines is 1. The van der Waals surface area contributed by atoms with Gasteiger partial charge in [-0.2, -0.15) is 0 Å². The number of H-pyrrole nitrogens is 1. The molecule has 0 fully saturated rings. The lowest BCUT2D eigenvalue weighted by Crippen LogP contribution is -2.43. The number of carbonyl (C=O) groups is 2. The van der Waals surface area contributed by atoms with Crippen LogP contribution >= 0.6 is 0 Å². The van der Waals surface area contributed by atoms with Gasteiger partial charge >= 0.3 is 0 Å². The van der Waals surface area contributed by atoms with E-state index >= 15 is 0 Å². The molecule has 3 aromatic rings. The fraction of sp³-hybridized carbons (Fsp3) is 0.111. The monoisotopic (exact) mass is 339 g/mol. The van der Waals surface area contributed by atoms with Gasteiger partial charge in [-0.05, 0) is 30.3 Å². The van der Waals surface area contributed by atoms with Gasteiger partial charge in [0.15, 0.2) is 6.61 Å². The molecule has 3 N–H and O–H groups in total. The molecule has 128 valence electrons. The normalized spacial score (nSPS) is 10.3. The molecule has 0 bridgehead atoms. The van der Waals surface area contributed by atoms with E-state index in [-0.39, 0.29) is 6.61 Å². The van der Waals surface area contributed by atoms with Crippen LogP contribution in [0.2, 0.25) is 0 Å². The number of hydrazine groups is 1. The van der Waals surface area contributed by atoms with Crippen LogP contribution in [-0.2, 0) is 4.79 Å². The molecule has 25 heavy (non-hydrogen) atoms. The molecule has 1 heterocycles. The summed E-state index contributed by atoms with van der Waals surface area (Å²) >= 11 is 0. The molecule has 0 saturated heterocycles. The van der Waals surface area contributed by atoms with Crippen molar-refractivity contribution in [1.29, 1.82) is 0 Å². The molecule has 0 aliphatic carbocycles. The number of nitrogens with one attached hydrogen (secondary N) is 3. The Morgan fingerprint density at radius 1 is 1.00 bits per heavy atom. The molecule has 0 saturated carbocycles. The summed E-state index contributed by atoms with van der Waals surface area (Å²) in [5.74, 6) is 0.348. The smallest absolute Gasteiger partial charge is 0.276 e. The number of carbonyl (C=O) groups excluding carboxylic acids is 2. The molecule has 7 nitrogen and oxygen atoms in total. The second-order valence-electron chi connectivity index (χ2n) is 5.21. The van der Waals surface area contributed by atoms with E-state index in [0.29, 0.717) is 17.1 Å². The number of para-hydroxylation sites is 1. The van der Waals surface area contributed by atoms with Crippen molar-refractivity contribution in [3.63, 3.8) is 0 Å². The SMILES string of the molecule is COc1ccc(OCC(=O)NNC(=O)c2c[nH]c3ccccc23)cc1. The number of hydrogen-bond donors (Lipinski definition) is 3. The first-order valence-electron chi connectivity index (χ1n) is 7.59. The number of hydrogen-bond acceptors (Lipinski definition) is 4. The van der Waals surface area contributed by atoms with Crippen molar-refractivity contribution in [3.05, 3.63) is 60.3 Å². The summed E-state index contributed by atoms with van der Waals surface area (Å²) in [6, 6.07) is 14.3. The van der Waals surface area contributed by atoms with E-state index in [2.05, 4.69) is 15.8 Å². The average molecular weight is 339 g/mol. The molecule has 2 aromatic carbocycles. The number of amides is 2. The highest BCUT2D eigenvalue weighted by Crippen LogP contribution is 2.17. The van der Waals surface area contributed by atoms with E-state index in [9.17, 15) is 9.59 Å². The number of methoxy groups -OCH3 is 1. The van der Waals surface area contributed by atoms with Crippen LogP contribution < -0.4 is 20.3 Å². The molecule has 3 rings (SSSR count). The predicted octanol–water partition coefficient (Wildman–Crippen LogP) is 2.02. The van der Waals surface area contributed by atoms with E-state index in [0.717, 1.165) is 10.9 Å². The second kappa shape index (κ2) is 7.39. The van der Waals surface area contributed by atoms with Crippen molar-refractivity contribution in [1.82, 2.24) is 15.8 Å². The first kappa shape index (κ1) is 16.4. The van der Waals surface area contributed by atoms with Crippen LogP contribution in [0.5, 0.6) is 11.5 Å². The molecule has 0 spiro atoms. The third kappa shape index (κ3) is 3.89. The summed E-state index contributed by atoms with van der Waals surface area (Å²) in [6.45, 7) is -0.222. The second-order valence-corrected chi connectivity index (χ2v) is 5.21. The Morgan fingerprint density at radius 3 is 2.48 bits per heavy atom. The van der Waals surface area contributed by atoms with Crippen LogP contribution in [-0.4, -0.2) is 30.5 Å². The van der Waals surface area contributed by atoms with Gasteiger partial charge in [-0.3, -0.25) is 20.4 Å². The minimum atomic E-state index is -0.469. The van der Waals surface area contributed by atoms with Crippen molar-refractivity contribution in [3.8, 4) is 11.5 Å². The average Bonchev–Trinajstić information content (AvgIpc) is 3.09. The fourth-order valence-electron chi connectivity index (χ4n) is 2.31. The standard InChI is InChI=1S/C18H17N3O4/c1-24-12-6-8-13(9-7-12)25-11-17(22)20-21-18(23)15-10-19-16-5-3-2-4-14(15)16/h2-10,19H,11H2,1H3,(H,20,22)(H,21,23). The van der Waals surface area contributed by atoms with Crippen molar-refractivity contribution in [2.45, 2.75) is 0 Å². The lowest BCUT2D eigenvalue weighted by atomic mass is 10.2. The van der Waals surface area contributed by atoms with E-state index in [1.807, 2.05) is 24.3 Å². The van der Waals surface area contributed by atoms with Crippen LogP contribution in [0.4, 0.5) is 0 Å². The number of benzene rings is 2. The number of ether oxygens (including phenoxy) is 2. The molecule has 0 unspecified atom stereocenters. The first-order chi connectivity index (χ1) is 12.2. The maximum absolute atomic E-state index is 12.2. The summed E-state index contributed by atoms with van der Waals surface area (Å²) in [5.41, 5.74) is 6.00. The minimum Gasteiger partial charge on any atom is -0.497 e. The molecule has 7 heteroatoms. The van der Waals surface area contributed by atoms with Crippen molar-refractivity contribution >= 4 is 22.7 Å². The Bertz CT molecular complexity index is 887. The van der Waals surface area contributed by atoms with Crippen molar-refractivity contribution in [2.75, 3.05) is 13.7 Å². The Labute approximate surface area is 143 Å². The summed E-state index contributed by atoms with van der Waals surface area (Å²) < 4.78 is 10.4. The maximum atomic E-state index is 12.2. The van der Waals surface area contributed by atoms with Crippen LogP contribution in [0.15, 0.2) is 54.7 Å². The fourth-order valence-corrected chi connectivity index (χ4v) is 2.31. The Hall–Kier alpha value is -3.48. The Morgan fingerprint density at radius 2 is 1.72 bits per heavy atom. The summed E-state index contributed by atoms with van der Waals surface area (Å²) in [6.07, 6.45) is 1.60. The number of aromatic nitrogens is 1. The number of fused-ring (bicyclic) bond motifs is 1. The van der Waals surface area contributed by atoms with E-state index < -0.39 is 11.8 Å². The third-order valence-corrected chi connectivity index (χ3v) is 3.58. The zero-order chi connectivity index (χ0) is 17.6. The highest BCUT2D eigenvalue weighted by Gasteiger charge is 2.12. The molecule has 0 aliphatic rings. The van der Waals surface area contributed by atoms with Gasteiger partial charge in [0.1, 0.15) is 11.5 Å². The Balaban J connectivity index is 1.50. The van der Waals surface area contributed by atoms with Gasteiger partial charge in [0, 0.05) is 17.1 Å². The summed E-state index contributed by atoms with van der Waals surface area (Å²) in [4.78, 5) is 27.0. The molecular weight excluding hydrogens is 322 g/mol. The van der Waals surface area contributed by atoms with Crippen LogP contribution in [0.3, 0.4) is 0 Å². The highest BCUT2D eigenvalue weighted by molar-refractivity contribution is 6.07. The predicted molar refractivity (Wildman–Crippen MR) is 92.4 cm³/mol. The summed E-state index contributed by atoms with van der Waals surface area (Å²) in [5, 5.41) is 0.781.